The van der Waals surface area contributed by atoms with Gasteiger partial charge in [-0.25, -0.2) is 4.39 Å². The molecule has 1 aliphatic carbocycles. The molecule has 0 spiro atoms. The SMILES string of the molecule is O=C1C2CCCCC2C(=O)N1c1ccc(F)c(C(F)(F)F)c1. The number of benzene rings is 1. The van der Waals surface area contributed by atoms with Crippen LogP contribution in [0.1, 0.15) is 31.2 Å². The van der Waals surface area contributed by atoms with Gasteiger partial charge in [0, 0.05) is 0 Å². The summed E-state index contributed by atoms with van der Waals surface area (Å²) in [5.41, 5.74) is -1.68. The average Bonchev–Trinajstić information content (AvgIpc) is 2.71. The zero-order valence-corrected chi connectivity index (χ0v) is 11.5. The number of nitrogens with zero attached hydrogens (tertiary/aromatic N) is 1. The van der Waals surface area contributed by atoms with E-state index >= 15 is 0 Å². The molecule has 2 atom stereocenters. The lowest BCUT2D eigenvalue weighted by molar-refractivity contribution is -0.140. The van der Waals surface area contributed by atoms with Crippen molar-refractivity contribution in [1.29, 1.82) is 0 Å². The molecule has 1 aromatic rings. The first kappa shape index (κ1) is 15.0. The molecule has 2 aliphatic rings. The van der Waals surface area contributed by atoms with E-state index in [1.54, 1.807) is 0 Å². The first-order valence-electron chi connectivity index (χ1n) is 7.05. The lowest BCUT2D eigenvalue weighted by Gasteiger charge is -2.19. The van der Waals surface area contributed by atoms with Crippen LogP contribution < -0.4 is 4.90 Å². The number of carbonyl (C=O) groups excluding carboxylic acids is 2. The summed E-state index contributed by atoms with van der Waals surface area (Å²) in [7, 11) is 0. The van der Waals surface area contributed by atoms with Gasteiger partial charge < -0.3 is 0 Å². The predicted octanol–water partition coefficient (Wildman–Crippen LogP) is 3.52. The Kier molecular flexibility index (Phi) is 3.45. The Balaban J connectivity index is 2.01. The molecule has 1 heterocycles. The molecule has 2 unspecified atom stereocenters. The number of fused-ring (bicyclic) bond motifs is 1. The minimum atomic E-state index is -4.88. The second kappa shape index (κ2) is 5.07. The summed E-state index contributed by atoms with van der Waals surface area (Å²) in [5, 5.41) is 0. The first-order chi connectivity index (χ1) is 10.3. The van der Waals surface area contributed by atoms with Crippen LogP contribution in [-0.4, -0.2) is 11.8 Å². The van der Waals surface area contributed by atoms with Crippen LogP contribution >= 0.6 is 0 Å². The van der Waals surface area contributed by atoms with Crippen molar-refractivity contribution in [1.82, 2.24) is 0 Å². The summed E-state index contributed by atoms with van der Waals surface area (Å²) in [4.78, 5) is 25.4. The molecule has 3 rings (SSSR count). The molecule has 1 aliphatic heterocycles. The molecule has 1 aromatic carbocycles. The number of imide groups is 1. The molecule has 0 N–H and O–H groups in total. The summed E-state index contributed by atoms with van der Waals surface area (Å²) in [6, 6.07) is 2.21. The Morgan fingerprint density at radius 3 is 2.05 bits per heavy atom. The van der Waals surface area contributed by atoms with E-state index in [0.29, 0.717) is 25.0 Å². The van der Waals surface area contributed by atoms with Crippen molar-refractivity contribution in [3.8, 4) is 0 Å². The topological polar surface area (TPSA) is 37.4 Å². The maximum Gasteiger partial charge on any atom is 0.419 e. The minimum absolute atomic E-state index is 0.210. The number of amides is 2. The van der Waals surface area contributed by atoms with E-state index in [-0.39, 0.29) is 5.69 Å². The highest BCUT2D eigenvalue weighted by atomic mass is 19.4. The monoisotopic (exact) mass is 315 g/mol. The Bertz CT molecular complexity index is 617. The van der Waals surface area contributed by atoms with Crippen molar-refractivity contribution in [3.63, 3.8) is 0 Å². The number of carbonyl (C=O) groups is 2. The van der Waals surface area contributed by atoms with Gasteiger partial charge in [-0.15, -0.1) is 0 Å². The van der Waals surface area contributed by atoms with E-state index < -0.39 is 41.2 Å². The summed E-state index contributed by atoms with van der Waals surface area (Å²) in [6.07, 6.45) is -2.09. The average molecular weight is 315 g/mol. The molecule has 2 amide bonds. The molecule has 1 saturated heterocycles. The van der Waals surface area contributed by atoms with Crippen LogP contribution in [-0.2, 0) is 15.8 Å². The van der Waals surface area contributed by atoms with Crippen LogP contribution in [0.3, 0.4) is 0 Å². The number of halogens is 4. The van der Waals surface area contributed by atoms with Gasteiger partial charge in [-0.05, 0) is 31.0 Å². The van der Waals surface area contributed by atoms with Crippen LogP contribution in [0.15, 0.2) is 18.2 Å². The Hall–Kier alpha value is -1.92. The molecular formula is C15H13F4NO2. The lowest BCUT2D eigenvalue weighted by atomic mass is 9.81. The molecule has 7 heteroatoms. The molecule has 0 bridgehead atoms. The second-order valence-corrected chi connectivity index (χ2v) is 5.67. The van der Waals surface area contributed by atoms with Gasteiger partial charge in [-0.2, -0.15) is 13.2 Å². The van der Waals surface area contributed by atoms with Crippen molar-refractivity contribution in [2.24, 2.45) is 11.8 Å². The molecule has 2 fully saturated rings. The molecule has 0 aromatic heterocycles. The minimum Gasteiger partial charge on any atom is -0.274 e. The van der Waals surface area contributed by atoms with Crippen molar-refractivity contribution in [2.45, 2.75) is 31.9 Å². The highest BCUT2D eigenvalue weighted by Crippen LogP contribution is 2.41. The van der Waals surface area contributed by atoms with Gasteiger partial charge in [0.2, 0.25) is 11.8 Å². The molecule has 22 heavy (non-hydrogen) atoms. The first-order valence-corrected chi connectivity index (χ1v) is 7.05. The van der Waals surface area contributed by atoms with E-state index in [1.165, 1.54) is 0 Å². The van der Waals surface area contributed by atoms with Gasteiger partial charge in [0.25, 0.3) is 0 Å². The molecule has 0 radical (unpaired) electrons. The largest absolute Gasteiger partial charge is 0.419 e. The van der Waals surface area contributed by atoms with Crippen LogP contribution in [0, 0.1) is 17.7 Å². The number of rotatable bonds is 1. The van der Waals surface area contributed by atoms with E-state index in [4.69, 9.17) is 0 Å². The van der Waals surface area contributed by atoms with Gasteiger partial charge in [0.05, 0.1) is 23.1 Å². The summed E-state index contributed by atoms with van der Waals surface area (Å²) >= 11 is 0. The van der Waals surface area contributed by atoms with E-state index in [0.717, 1.165) is 23.8 Å². The molecule has 3 nitrogen and oxygen atoms in total. The van der Waals surface area contributed by atoms with Gasteiger partial charge in [0.1, 0.15) is 5.82 Å². The van der Waals surface area contributed by atoms with E-state index in [2.05, 4.69) is 0 Å². The number of hydrogen-bond donors (Lipinski definition) is 0. The fraction of sp³-hybridized carbons (Fsp3) is 0.467. The molecule has 118 valence electrons. The maximum atomic E-state index is 13.3. The van der Waals surface area contributed by atoms with E-state index in [9.17, 15) is 27.2 Å². The van der Waals surface area contributed by atoms with Crippen molar-refractivity contribution in [3.05, 3.63) is 29.6 Å². The van der Waals surface area contributed by atoms with Crippen LogP contribution in [0.25, 0.3) is 0 Å². The second-order valence-electron chi connectivity index (χ2n) is 5.67. The number of hydrogen-bond acceptors (Lipinski definition) is 2. The smallest absolute Gasteiger partial charge is 0.274 e. The van der Waals surface area contributed by atoms with Gasteiger partial charge >= 0.3 is 6.18 Å². The number of alkyl halides is 3. The highest BCUT2D eigenvalue weighted by Gasteiger charge is 2.49. The fourth-order valence-corrected chi connectivity index (χ4v) is 3.29. The van der Waals surface area contributed by atoms with Crippen LogP contribution in [0.4, 0.5) is 23.2 Å². The van der Waals surface area contributed by atoms with Crippen molar-refractivity contribution >= 4 is 17.5 Å². The Morgan fingerprint density at radius 2 is 1.55 bits per heavy atom. The summed E-state index contributed by atoms with van der Waals surface area (Å²) in [6.45, 7) is 0. The highest BCUT2D eigenvalue weighted by molar-refractivity contribution is 6.22. The van der Waals surface area contributed by atoms with E-state index in [1.807, 2.05) is 0 Å². The lowest BCUT2D eigenvalue weighted by Crippen LogP contribution is -2.31. The normalized spacial score (nSPS) is 25.5. The van der Waals surface area contributed by atoms with Gasteiger partial charge in [0.15, 0.2) is 0 Å². The van der Waals surface area contributed by atoms with Crippen LogP contribution in [0.5, 0.6) is 0 Å². The fourth-order valence-electron chi connectivity index (χ4n) is 3.29. The maximum absolute atomic E-state index is 13.3. The standard InChI is InChI=1S/C15H13F4NO2/c16-12-6-5-8(7-11(12)15(17,18)19)20-13(21)9-3-1-2-4-10(9)14(20)22/h5-7,9-10H,1-4H2. The Morgan fingerprint density at radius 1 is 1.00 bits per heavy atom. The zero-order chi connectivity index (χ0) is 16.1. The third-order valence-corrected chi connectivity index (χ3v) is 4.35. The van der Waals surface area contributed by atoms with Gasteiger partial charge in [-0.1, -0.05) is 12.8 Å². The third-order valence-electron chi connectivity index (χ3n) is 4.35. The quantitative estimate of drug-likeness (QED) is 0.587. The molecular weight excluding hydrogens is 302 g/mol. The molecule has 1 saturated carbocycles. The van der Waals surface area contributed by atoms with Crippen LogP contribution in [0.2, 0.25) is 0 Å². The van der Waals surface area contributed by atoms with Gasteiger partial charge in [-0.3, -0.25) is 14.5 Å². The summed E-state index contributed by atoms with van der Waals surface area (Å²) < 4.78 is 51.7. The third kappa shape index (κ3) is 2.28. The number of anilines is 1. The summed E-state index contributed by atoms with van der Waals surface area (Å²) in [5.74, 6) is -3.29. The zero-order valence-electron chi connectivity index (χ0n) is 11.5. The van der Waals surface area contributed by atoms with Crippen molar-refractivity contribution < 1.29 is 27.2 Å². The Labute approximate surface area is 123 Å². The predicted molar refractivity (Wildman–Crippen MR) is 69.3 cm³/mol. The van der Waals surface area contributed by atoms with Crippen molar-refractivity contribution in [2.75, 3.05) is 4.90 Å².